The van der Waals surface area contributed by atoms with Crippen LogP contribution in [-0.4, -0.2) is 39.8 Å². The van der Waals surface area contributed by atoms with Crippen molar-refractivity contribution in [3.05, 3.63) is 59.9 Å². The minimum absolute atomic E-state index is 0.131. The highest BCUT2D eigenvalue weighted by atomic mass is 32.2. The highest BCUT2D eigenvalue weighted by Gasteiger charge is 2.18. The Kier molecular flexibility index (Phi) is 8.01. The van der Waals surface area contributed by atoms with Crippen LogP contribution in [-0.2, 0) is 14.8 Å². The number of para-hydroxylation sites is 1. The summed E-state index contributed by atoms with van der Waals surface area (Å²) < 4.78 is 44.0. The summed E-state index contributed by atoms with van der Waals surface area (Å²) in [5.74, 6) is 0.151. The molecule has 1 atom stereocenters. The van der Waals surface area contributed by atoms with Crippen LogP contribution in [0.15, 0.2) is 48.5 Å². The second-order valence-electron chi connectivity index (χ2n) is 6.96. The van der Waals surface area contributed by atoms with Crippen molar-refractivity contribution in [1.29, 1.82) is 0 Å². The predicted molar refractivity (Wildman–Crippen MR) is 112 cm³/mol. The second kappa shape index (κ2) is 10.2. The van der Waals surface area contributed by atoms with Crippen LogP contribution in [0.2, 0.25) is 0 Å². The maximum atomic E-state index is 13.1. The summed E-state index contributed by atoms with van der Waals surface area (Å²) in [7, 11) is -3.54. The van der Waals surface area contributed by atoms with Gasteiger partial charge >= 0.3 is 0 Å². The van der Waals surface area contributed by atoms with E-state index in [1.807, 2.05) is 38.1 Å². The molecule has 0 bridgehead atoms. The number of anilines is 1. The lowest BCUT2D eigenvalue weighted by molar-refractivity contribution is -0.121. The molecule has 0 unspecified atom stereocenters. The number of nitrogens with one attached hydrogen (secondary N) is 1. The van der Waals surface area contributed by atoms with Gasteiger partial charge < -0.3 is 10.1 Å². The number of amides is 1. The van der Waals surface area contributed by atoms with Crippen molar-refractivity contribution in [2.45, 2.75) is 32.7 Å². The standard InChI is InChI=1S/C21H27FN2O4S/c1-16-7-4-5-8-20(16)28-15-17(2)23-21(25)9-6-14-24(29(3,26)27)19-12-10-18(22)11-13-19/h4-5,7-8,10-13,17H,6,9,14-15H2,1-3H3,(H,23,25)/t17-/m0/s1. The van der Waals surface area contributed by atoms with E-state index >= 15 is 0 Å². The van der Waals surface area contributed by atoms with Crippen molar-refractivity contribution in [2.24, 2.45) is 0 Å². The van der Waals surface area contributed by atoms with Crippen LogP contribution in [0.25, 0.3) is 0 Å². The average molecular weight is 423 g/mol. The maximum absolute atomic E-state index is 13.1. The Morgan fingerprint density at radius 2 is 1.83 bits per heavy atom. The molecule has 158 valence electrons. The van der Waals surface area contributed by atoms with Gasteiger partial charge in [0, 0.05) is 13.0 Å². The first-order valence-corrected chi connectivity index (χ1v) is 11.2. The largest absolute Gasteiger partial charge is 0.491 e. The minimum Gasteiger partial charge on any atom is -0.491 e. The molecule has 0 spiro atoms. The molecule has 0 saturated heterocycles. The number of halogens is 1. The van der Waals surface area contributed by atoms with Crippen molar-refractivity contribution in [3.63, 3.8) is 0 Å². The molecule has 0 saturated carbocycles. The third-order valence-corrected chi connectivity index (χ3v) is 5.46. The van der Waals surface area contributed by atoms with Gasteiger partial charge in [-0.05, 0) is 56.2 Å². The molecule has 2 aromatic carbocycles. The van der Waals surface area contributed by atoms with Crippen molar-refractivity contribution in [1.82, 2.24) is 5.32 Å². The molecule has 29 heavy (non-hydrogen) atoms. The molecular formula is C21H27FN2O4S. The van der Waals surface area contributed by atoms with Crippen molar-refractivity contribution >= 4 is 21.6 Å². The number of nitrogens with zero attached hydrogens (tertiary/aromatic N) is 1. The van der Waals surface area contributed by atoms with Crippen LogP contribution < -0.4 is 14.4 Å². The van der Waals surface area contributed by atoms with Crippen molar-refractivity contribution < 1.29 is 22.3 Å². The average Bonchev–Trinajstić information content (AvgIpc) is 2.64. The normalized spacial score (nSPS) is 12.3. The molecule has 1 N–H and O–H groups in total. The fraction of sp³-hybridized carbons (Fsp3) is 0.381. The molecule has 6 nitrogen and oxygen atoms in total. The third kappa shape index (κ3) is 7.38. The van der Waals surface area contributed by atoms with E-state index in [1.54, 1.807) is 0 Å². The van der Waals surface area contributed by atoms with Crippen LogP contribution in [0, 0.1) is 12.7 Å². The lowest BCUT2D eigenvalue weighted by Crippen LogP contribution is -2.37. The molecule has 0 aliphatic carbocycles. The van der Waals surface area contributed by atoms with E-state index < -0.39 is 15.8 Å². The number of hydrogen-bond acceptors (Lipinski definition) is 4. The molecule has 0 fully saturated rings. The van der Waals surface area contributed by atoms with Crippen LogP contribution in [0.3, 0.4) is 0 Å². The van der Waals surface area contributed by atoms with Crippen LogP contribution in [0.4, 0.5) is 10.1 Å². The zero-order valence-electron chi connectivity index (χ0n) is 16.9. The van der Waals surface area contributed by atoms with Crippen LogP contribution in [0.1, 0.15) is 25.3 Å². The Hall–Kier alpha value is -2.61. The van der Waals surface area contributed by atoms with E-state index in [0.29, 0.717) is 18.7 Å². The highest BCUT2D eigenvalue weighted by molar-refractivity contribution is 7.92. The van der Waals surface area contributed by atoms with Gasteiger partial charge in [0.15, 0.2) is 0 Å². The summed E-state index contributed by atoms with van der Waals surface area (Å²) in [5, 5.41) is 2.85. The molecule has 2 rings (SSSR count). The number of carbonyl (C=O) groups excluding carboxylic acids is 1. The summed E-state index contributed by atoms with van der Waals surface area (Å²) in [4.78, 5) is 12.2. The smallest absolute Gasteiger partial charge is 0.232 e. The Morgan fingerprint density at radius 1 is 1.17 bits per heavy atom. The van der Waals surface area contributed by atoms with E-state index in [1.165, 1.54) is 28.6 Å². The summed E-state index contributed by atoms with van der Waals surface area (Å²) in [5.41, 5.74) is 1.39. The van der Waals surface area contributed by atoms with Gasteiger partial charge in [-0.3, -0.25) is 9.10 Å². The summed E-state index contributed by atoms with van der Waals surface area (Å²) in [6.45, 7) is 4.26. The molecular weight excluding hydrogens is 395 g/mol. The van der Waals surface area contributed by atoms with Gasteiger partial charge in [-0.2, -0.15) is 0 Å². The third-order valence-electron chi connectivity index (χ3n) is 4.27. The zero-order chi connectivity index (χ0) is 21.4. The number of rotatable bonds is 10. The number of ether oxygens (including phenoxy) is 1. The van der Waals surface area contributed by atoms with E-state index in [0.717, 1.165) is 17.6 Å². The molecule has 0 radical (unpaired) electrons. The number of aryl methyl sites for hydroxylation is 1. The Bertz CT molecular complexity index is 917. The Balaban J connectivity index is 1.81. The van der Waals surface area contributed by atoms with Gasteiger partial charge in [-0.15, -0.1) is 0 Å². The van der Waals surface area contributed by atoms with Gasteiger partial charge in [0.1, 0.15) is 18.2 Å². The van der Waals surface area contributed by atoms with Gasteiger partial charge in [-0.25, -0.2) is 12.8 Å². The van der Waals surface area contributed by atoms with Gasteiger partial charge in [-0.1, -0.05) is 18.2 Å². The quantitative estimate of drug-likeness (QED) is 0.638. The number of sulfonamides is 1. The van der Waals surface area contributed by atoms with Gasteiger partial charge in [0.25, 0.3) is 0 Å². The van der Waals surface area contributed by atoms with Gasteiger partial charge in [0.05, 0.1) is 18.0 Å². The topological polar surface area (TPSA) is 75.7 Å². The summed E-state index contributed by atoms with van der Waals surface area (Å²) in [6, 6.07) is 12.7. The Morgan fingerprint density at radius 3 is 2.45 bits per heavy atom. The number of carbonyl (C=O) groups is 1. The summed E-state index contributed by atoms with van der Waals surface area (Å²) >= 11 is 0. The molecule has 8 heteroatoms. The highest BCUT2D eigenvalue weighted by Crippen LogP contribution is 2.19. The lowest BCUT2D eigenvalue weighted by atomic mass is 10.2. The molecule has 0 aliphatic heterocycles. The second-order valence-corrected chi connectivity index (χ2v) is 8.87. The van der Waals surface area contributed by atoms with Crippen LogP contribution >= 0.6 is 0 Å². The van der Waals surface area contributed by atoms with Crippen molar-refractivity contribution in [2.75, 3.05) is 23.7 Å². The number of hydrogen-bond donors (Lipinski definition) is 1. The predicted octanol–water partition coefficient (Wildman–Crippen LogP) is 3.26. The minimum atomic E-state index is -3.54. The SMILES string of the molecule is Cc1ccccc1OC[C@H](C)NC(=O)CCCN(c1ccc(F)cc1)S(C)(=O)=O. The molecule has 0 aliphatic rings. The number of benzene rings is 2. The monoisotopic (exact) mass is 422 g/mol. The van der Waals surface area contributed by atoms with E-state index in [-0.39, 0.29) is 24.9 Å². The first kappa shape index (κ1) is 22.7. The first-order valence-electron chi connectivity index (χ1n) is 9.38. The molecule has 2 aromatic rings. The fourth-order valence-electron chi connectivity index (χ4n) is 2.80. The Labute approximate surface area is 171 Å². The van der Waals surface area contributed by atoms with Gasteiger partial charge in [0.2, 0.25) is 15.9 Å². The summed E-state index contributed by atoms with van der Waals surface area (Å²) in [6.07, 6.45) is 1.59. The van der Waals surface area contributed by atoms with E-state index in [4.69, 9.17) is 4.74 Å². The molecule has 0 heterocycles. The zero-order valence-corrected chi connectivity index (χ0v) is 17.7. The van der Waals surface area contributed by atoms with Crippen molar-refractivity contribution in [3.8, 4) is 5.75 Å². The maximum Gasteiger partial charge on any atom is 0.232 e. The first-order chi connectivity index (χ1) is 13.7. The van der Waals surface area contributed by atoms with E-state index in [9.17, 15) is 17.6 Å². The van der Waals surface area contributed by atoms with Crippen LogP contribution in [0.5, 0.6) is 5.75 Å². The fourth-order valence-corrected chi connectivity index (χ4v) is 3.76. The molecule has 0 aromatic heterocycles. The molecule has 1 amide bonds. The lowest BCUT2D eigenvalue weighted by Gasteiger charge is -2.22. The van der Waals surface area contributed by atoms with E-state index in [2.05, 4.69) is 5.32 Å².